The minimum absolute atomic E-state index is 0.0746. The van der Waals surface area contributed by atoms with Crippen LogP contribution in [-0.4, -0.2) is 206 Å². The summed E-state index contributed by atoms with van der Waals surface area (Å²) in [7, 11) is 0. The van der Waals surface area contributed by atoms with Crippen molar-refractivity contribution < 1.29 is 105 Å². The summed E-state index contributed by atoms with van der Waals surface area (Å²) >= 11 is 0. The fourth-order valence-electron chi connectivity index (χ4n) is 11.4. The van der Waals surface area contributed by atoms with Gasteiger partial charge >= 0.3 is 24.0 Å². The Labute approximate surface area is 696 Å². The van der Waals surface area contributed by atoms with Crippen LogP contribution < -0.4 is 62.6 Å². The van der Waals surface area contributed by atoms with E-state index >= 15 is 14.4 Å². The molecule has 32 heteroatoms. The molecule has 0 fully saturated rings. The standard InChI is InChI=1S/C86H134N10O22/c1-50(112-79(6,7)8)66(94-63(97)48-87-68(100)57(42-43-64(98)116-83(18,19)20)92-76(109)86(27,28)96-72(104)59(93-77(110)118-85(24,25)26)45-53-34-38-55(39-35-53)114-81(12,13)14)73(105)89-58(44-52-32-30-29-31-33-52)70(102)95-67(51(2)113-80(9,10)11)74(106)91-62(49-111-78(3,4)5)71(103)88-60(47-65(99)117-84(21,22)23)69(101)90-61(75(107)108)46-54-36-40-56(41-37-54)115-82(15,16)17/h29-41,50-51,57-62,66-67H,42-49H2,1-28H3,(H,87,100)(H,88,103)(H,89,105)(H,90,101)(H,91,106)(H,92,109)(H,93,110)(H,94,97)(H,95,102)(H,96,104)(H,107,108)/t50-,51-,57+,58+,59+,60+,61+,62+,66+,67+/m1/s1. The maximum atomic E-state index is 15.3. The van der Waals surface area contributed by atoms with Crippen LogP contribution in [0.15, 0.2) is 78.9 Å². The number of carboxylic acids is 1. The highest BCUT2D eigenvalue weighted by atomic mass is 16.6. The molecule has 0 heterocycles. The van der Waals surface area contributed by atoms with E-state index in [4.69, 9.17) is 37.9 Å². The summed E-state index contributed by atoms with van der Waals surface area (Å²) in [6.45, 7) is 45.1. The van der Waals surface area contributed by atoms with Crippen molar-refractivity contribution in [1.29, 1.82) is 0 Å². The highest BCUT2D eigenvalue weighted by Crippen LogP contribution is 2.24. The number of benzene rings is 3. The third kappa shape index (κ3) is 41.4. The predicted molar refractivity (Wildman–Crippen MR) is 443 cm³/mol. The third-order valence-electron chi connectivity index (χ3n) is 16.2. The van der Waals surface area contributed by atoms with Gasteiger partial charge in [-0.2, -0.15) is 0 Å². The second kappa shape index (κ2) is 43.1. The summed E-state index contributed by atoms with van der Waals surface area (Å²) in [6.07, 6.45) is -5.56. The molecule has 660 valence electrons. The van der Waals surface area contributed by atoms with E-state index in [-0.39, 0.29) is 19.3 Å². The minimum Gasteiger partial charge on any atom is -0.488 e. The lowest BCUT2D eigenvalue weighted by atomic mass is 9.99. The van der Waals surface area contributed by atoms with Gasteiger partial charge in [0, 0.05) is 25.7 Å². The van der Waals surface area contributed by atoms with Gasteiger partial charge in [-0.3, -0.25) is 52.7 Å². The quantitative estimate of drug-likeness (QED) is 0.0194. The molecule has 0 bridgehead atoms. The van der Waals surface area contributed by atoms with Gasteiger partial charge in [-0.05, 0) is 241 Å². The predicted octanol–water partition coefficient (Wildman–Crippen LogP) is 7.53. The van der Waals surface area contributed by atoms with Gasteiger partial charge in [0.25, 0.3) is 0 Å². The molecule has 10 atom stereocenters. The topological polar surface area (TPSA) is 436 Å². The molecule has 32 nitrogen and oxygen atoms in total. The third-order valence-corrected chi connectivity index (χ3v) is 16.2. The summed E-state index contributed by atoms with van der Waals surface area (Å²) in [5, 5.41) is 36.4. The fourth-order valence-corrected chi connectivity index (χ4v) is 11.4. The maximum absolute atomic E-state index is 15.3. The lowest BCUT2D eigenvalue weighted by molar-refractivity contribution is -0.157. The number of ether oxygens (including phenoxy) is 8. The largest absolute Gasteiger partial charge is 0.488 e. The molecular formula is C86H134N10O22. The lowest BCUT2D eigenvalue weighted by Gasteiger charge is -2.34. The van der Waals surface area contributed by atoms with Crippen molar-refractivity contribution in [2.75, 3.05) is 13.2 Å². The number of esters is 2. The monoisotopic (exact) mass is 1660 g/mol. The number of carbonyl (C=O) groups is 13. The summed E-state index contributed by atoms with van der Waals surface area (Å²) in [5.41, 5.74) is -7.24. The zero-order valence-electron chi connectivity index (χ0n) is 74.5. The van der Waals surface area contributed by atoms with Crippen molar-refractivity contribution in [2.45, 2.75) is 343 Å². The Hall–Kier alpha value is -9.95. The van der Waals surface area contributed by atoms with Gasteiger partial charge in [0.15, 0.2) is 0 Å². The fraction of sp³-hybridized carbons (Fsp3) is 0.640. The normalized spacial score (nSPS) is 14.9. The average Bonchev–Trinajstić information content (AvgIpc) is 0.834. The molecule has 0 aliphatic rings. The number of amides is 10. The molecule has 0 saturated carbocycles. The first-order valence-corrected chi connectivity index (χ1v) is 39.7. The van der Waals surface area contributed by atoms with E-state index in [1.807, 2.05) is 41.5 Å². The van der Waals surface area contributed by atoms with Crippen LogP contribution in [0.5, 0.6) is 11.5 Å². The van der Waals surface area contributed by atoms with Crippen LogP contribution in [-0.2, 0) is 105 Å². The van der Waals surface area contributed by atoms with Crippen molar-refractivity contribution in [3.63, 3.8) is 0 Å². The highest BCUT2D eigenvalue weighted by molar-refractivity contribution is 6.00. The van der Waals surface area contributed by atoms with Gasteiger partial charge in [0.1, 0.15) is 93.4 Å². The van der Waals surface area contributed by atoms with E-state index < -0.39 is 220 Å². The number of nitrogens with one attached hydrogen (secondary N) is 10. The van der Waals surface area contributed by atoms with Gasteiger partial charge < -0.3 is 96.2 Å². The van der Waals surface area contributed by atoms with Crippen molar-refractivity contribution in [3.05, 3.63) is 95.6 Å². The molecule has 3 rings (SSSR count). The first-order chi connectivity index (χ1) is 53.7. The summed E-state index contributed by atoms with van der Waals surface area (Å²) in [6, 6.07) is 8.78. The van der Waals surface area contributed by atoms with Crippen molar-refractivity contribution in [3.8, 4) is 11.5 Å². The van der Waals surface area contributed by atoms with Crippen LogP contribution in [0.25, 0.3) is 0 Å². The van der Waals surface area contributed by atoms with E-state index in [9.17, 15) is 53.1 Å². The van der Waals surface area contributed by atoms with Crippen LogP contribution in [0.2, 0.25) is 0 Å². The lowest BCUT2D eigenvalue weighted by Crippen LogP contribution is -2.64. The van der Waals surface area contributed by atoms with E-state index in [1.54, 1.807) is 203 Å². The number of hydrogen-bond donors (Lipinski definition) is 11. The Morgan fingerprint density at radius 1 is 0.364 bits per heavy atom. The Balaban J connectivity index is 2.08. The van der Waals surface area contributed by atoms with E-state index in [0.717, 1.165) is 0 Å². The SMILES string of the molecule is C[C@@H](OC(C)(C)C)[C@H](NC(=O)CNC(=O)[C@H](CCC(=O)OC(C)(C)C)NC(=O)C(C)(C)NC(=O)[C@H](Cc1ccc(OC(C)(C)C)cc1)NC(=O)OC(C)(C)C)C(=O)N[C@@H](Cc1ccccc1)C(=O)N[C@H](C(=O)N[C@@H](COC(C)(C)C)C(=O)N[C@@H](CC(=O)OC(C)(C)C)C(=O)N[C@@H](Cc1ccc(OC(C)(C)C)cc1)C(=O)O)[C@@H](C)OC(C)(C)C. The van der Waals surface area contributed by atoms with Crippen LogP contribution in [0.1, 0.15) is 230 Å². The molecule has 11 N–H and O–H groups in total. The summed E-state index contributed by atoms with van der Waals surface area (Å²) in [4.78, 5) is 185. The number of rotatable bonds is 39. The van der Waals surface area contributed by atoms with Crippen LogP contribution >= 0.6 is 0 Å². The number of hydrogen-bond acceptors (Lipinski definition) is 21. The molecule has 0 aliphatic carbocycles. The molecule has 3 aromatic carbocycles. The second-order valence-electron chi connectivity index (χ2n) is 37.7. The second-order valence-corrected chi connectivity index (χ2v) is 37.7. The van der Waals surface area contributed by atoms with Crippen molar-refractivity contribution in [1.82, 2.24) is 53.2 Å². The van der Waals surface area contributed by atoms with E-state index in [1.165, 1.54) is 27.7 Å². The smallest absolute Gasteiger partial charge is 0.408 e. The van der Waals surface area contributed by atoms with Gasteiger partial charge in [0.05, 0.1) is 48.6 Å². The van der Waals surface area contributed by atoms with Crippen LogP contribution in [0.4, 0.5) is 4.79 Å². The molecule has 0 aliphatic heterocycles. The van der Waals surface area contributed by atoms with Gasteiger partial charge in [-0.15, -0.1) is 0 Å². The highest BCUT2D eigenvalue weighted by Gasteiger charge is 2.42. The Morgan fingerprint density at radius 2 is 0.763 bits per heavy atom. The zero-order chi connectivity index (χ0) is 90.2. The minimum atomic E-state index is -1.85. The van der Waals surface area contributed by atoms with E-state index in [0.29, 0.717) is 28.2 Å². The Kier molecular flexibility index (Phi) is 37.4. The molecule has 0 spiro atoms. The number of carbonyl (C=O) groups excluding carboxylic acids is 12. The first-order valence-electron chi connectivity index (χ1n) is 39.7. The Bertz CT molecular complexity index is 3890. The molecule has 118 heavy (non-hydrogen) atoms. The molecular weight excluding hydrogens is 1520 g/mol. The number of aliphatic carboxylic acids is 1. The molecule has 0 unspecified atom stereocenters. The zero-order valence-corrected chi connectivity index (χ0v) is 74.5. The molecule has 0 aromatic heterocycles. The maximum Gasteiger partial charge on any atom is 0.408 e. The molecule has 0 saturated heterocycles. The number of carboxylic acid groups (broad SMARTS) is 1. The molecule has 10 amide bonds. The van der Waals surface area contributed by atoms with Crippen molar-refractivity contribution >= 4 is 77.2 Å². The van der Waals surface area contributed by atoms with Gasteiger partial charge in [0.2, 0.25) is 53.2 Å². The summed E-state index contributed by atoms with van der Waals surface area (Å²) in [5.74, 6) is -11.0. The van der Waals surface area contributed by atoms with Crippen LogP contribution in [0, 0.1) is 0 Å². The van der Waals surface area contributed by atoms with Crippen LogP contribution in [0.3, 0.4) is 0 Å². The summed E-state index contributed by atoms with van der Waals surface area (Å²) < 4.78 is 47.0. The first kappa shape index (κ1) is 102. The average molecular weight is 1660 g/mol. The van der Waals surface area contributed by atoms with Gasteiger partial charge in [-0.1, -0.05) is 54.6 Å². The van der Waals surface area contributed by atoms with E-state index in [2.05, 4.69) is 53.2 Å². The van der Waals surface area contributed by atoms with Crippen molar-refractivity contribution in [2.24, 2.45) is 0 Å². The molecule has 3 aromatic rings. The Morgan fingerprint density at radius 3 is 1.20 bits per heavy atom. The van der Waals surface area contributed by atoms with Gasteiger partial charge in [-0.25, -0.2) is 9.59 Å². The number of alkyl carbamates (subject to hydrolysis) is 1. The molecule has 0 radical (unpaired) electrons.